The molecule has 0 aliphatic carbocycles. The lowest BCUT2D eigenvalue weighted by Crippen LogP contribution is -2.56. The first-order chi connectivity index (χ1) is 21.1. The normalized spacial score (nSPS) is 16.4. The van der Waals surface area contributed by atoms with E-state index >= 15 is 0 Å². The molecule has 6 nitrogen and oxygen atoms in total. The number of halogens is 7. The summed E-state index contributed by atoms with van der Waals surface area (Å²) in [6.45, 7) is 3.20. The third kappa shape index (κ3) is 11.1. The van der Waals surface area contributed by atoms with Gasteiger partial charge in [-0.3, -0.25) is 19.3 Å². The van der Waals surface area contributed by atoms with Gasteiger partial charge in [-0.25, -0.2) is 4.39 Å². The molecule has 3 aromatic rings. The molecule has 1 aliphatic heterocycles. The average Bonchev–Trinajstić information content (AvgIpc) is 2.98. The van der Waals surface area contributed by atoms with Crippen molar-refractivity contribution < 1.29 is 45.1 Å². The lowest BCUT2D eigenvalue weighted by molar-refractivity contribution is -0.193. The number of piperazine rings is 1. The van der Waals surface area contributed by atoms with Gasteiger partial charge in [0.1, 0.15) is 5.82 Å². The molecular weight excluding hydrogens is 607 g/mol. The number of rotatable bonds is 9. The molecule has 1 aliphatic rings. The Labute approximate surface area is 255 Å². The number of alkyl halides is 6. The van der Waals surface area contributed by atoms with Crippen molar-refractivity contribution in [2.75, 3.05) is 19.6 Å². The number of carbonyl (C=O) groups is 3. The lowest BCUT2D eigenvalue weighted by Gasteiger charge is -2.42. The molecule has 4 rings (SSSR count). The first-order valence-electron chi connectivity index (χ1n) is 14.0. The number of Topliss-reactive ketones (excluding diaryl/α,β-unsaturated/α-hetero) is 2. The predicted molar refractivity (Wildman–Crippen MR) is 152 cm³/mol. The van der Waals surface area contributed by atoms with E-state index in [1.807, 2.05) is 29.2 Å². The maximum absolute atomic E-state index is 14.0. The van der Waals surface area contributed by atoms with Crippen LogP contribution in [-0.2, 0) is 33.8 Å². The Morgan fingerprint density at radius 1 is 0.756 bits per heavy atom. The van der Waals surface area contributed by atoms with E-state index in [0.29, 0.717) is 18.5 Å². The fourth-order valence-corrected chi connectivity index (χ4v) is 4.91. The Morgan fingerprint density at radius 2 is 1.27 bits per heavy atom. The highest BCUT2D eigenvalue weighted by Gasteiger charge is 2.54. The molecule has 2 atom stereocenters. The molecule has 0 unspecified atom stereocenters. The van der Waals surface area contributed by atoms with Gasteiger partial charge in [-0.05, 0) is 35.6 Å². The third-order valence-electron chi connectivity index (χ3n) is 7.05. The second-order valence-electron chi connectivity index (χ2n) is 10.6. The quantitative estimate of drug-likeness (QED) is 0.254. The summed E-state index contributed by atoms with van der Waals surface area (Å²) >= 11 is 0. The molecule has 1 heterocycles. The molecular formula is C32H32F7N3O3. The van der Waals surface area contributed by atoms with Crippen LogP contribution in [0.3, 0.4) is 0 Å². The SMILES string of the molecule is N[C@@H](CC(=O)N1CCN(Cc2ccccc2)C[C@H]1Cc1ccccc1)Cc1ccccc1F.O=C(C(=O)C(F)(F)F)C(F)(F)F. The lowest BCUT2D eigenvalue weighted by atomic mass is 9.99. The fraction of sp³-hybridized carbons (Fsp3) is 0.344. The molecule has 1 saturated heterocycles. The van der Waals surface area contributed by atoms with E-state index in [1.54, 1.807) is 18.2 Å². The third-order valence-corrected chi connectivity index (χ3v) is 7.05. The number of benzene rings is 3. The number of hydrogen-bond acceptors (Lipinski definition) is 5. The largest absolute Gasteiger partial charge is 0.458 e. The topological polar surface area (TPSA) is 83.7 Å². The van der Waals surface area contributed by atoms with Gasteiger partial charge in [-0.1, -0.05) is 78.9 Å². The maximum Gasteiger partial charge on any atom is 0.458 e. The van der Waals surface area contributed by atoms with Gasteiger partial charge in [0.05, 0.1) is 0 Å². The van der Waals surface area contributed by atoms with Gasteiger partial charge in [0, 0.05) is 44.7 Å². The van der Waals surface area contributed by atoms with E-state index in [9.17, 15) is 45.1 Å². The first kappa shape index (κ1) is 35.4. The summed E-state index contributed by atoms with van der Waals surface area (Å²) in [5.41, 5.74) is 9.35. The van der Waals surface area contributed by atoms with Crippen LogP contribution in [0.15, 0.2) is 84.9 Å². The Kier molecular flexibility index (Phi) is 12.4. The molecule has 0 aromatic heterocycles. The van der Waals surface area contributed by atoms with Crippen molar-refractivity contribution >= 4 is 17.5 Å². The fourth-order valence-electron chi connectivity index (χ4n) is 4.91. The summed E-state index contributed by atoms with van der Waals surface area (Å²) in [7, 11) is 0. The zero-order chi connectivity index (χ0) is 33.2. The number of carbonyl (C=O) groups excluding carboxylic acids is 3. The summed E-state index contributed by atoms with van der Waals surface area (Å²) in [5.74, 6) is -7.03. The van der Waals surface area contributed by atoms with Crippen LogP contribution >= 0.6 is 0 Å². The predicted octanol–water partition coefficient (Wildman–Crippen LogP) is 5.29. The standard InChI is InChI=1S/C28H32FN3O.C4F6O2/c29-27-14-8-7-13-24(27)18-25(30)19-28(33)32-16-15-31(20-23-11-5-2-6-12-23)21-26(32)17-22-9-3-1-4-10-22;5-3(6,7)1(11)2(12)4(8,9)10/h1-14,25-26H,15-21,30H2;/t25-,26-;/m1./s1. The van der Waals surface area contributed by atoms with Crippen LogP contribution in [0.25, 0.3) is 0 Å². The molecule has 45 heavy (non-hydrogen) atoms. The van der Waals surface area contributed by atoms with Crippen LogP contribution in [0.1, 0.15) is 23.1 Å². The summed E-state index contributed by atoms with van der Waals surface area (Å²) in [6, 6.07) is 27.1. The molecule has 2 N–H and O–H groups in total. The van der Waals surface area contributed by atoms with E-state index in [0.717, 1.165) is 26.1 Å². The summed E-state index contributed by atoms with van der Waals surface area (Å²) in [4.78, 5) is 36.9. The minimum atomic E-state index is -5.77. The number of nitrogens with zero attached hydrogens (tertiary/aromatic N) is 2. The number of amides is 1. The molecule has 0 bridgehead atoms. The molecule has 242 valence electrons. The minimum absolute atomic E-state index is 0.0548. The van der Waals surface area contributed by atoms with Gasteiger partial charge >= 0.3 is 23.9 Å². The Bertz CT molecular complexity index is 1390. The van der Waals surface area contributed by atoms with Crippen LogP contribution < -0.4 is 5.73 Å². The maximum atomic E-state index is 14.0. The van der Waals surface area contributed by atoms with Crippen molar-refractivity contribution in [3.63, 3.8) is 0 Å². The van der Waals surface area contributed by atoms with Crippen molar-refractivity contribution in [3.05, 3.63) is 107 Å². The van der Waals surface area contributed by atoms with Gasteiger partial charge < -0.3 is 10.6 Å². The minimum Gasteiger partial charge on any atom is -0.337 e. The molecule has 13 heteroatoms. The molecule has 3 aromatic carbocycles. The van der Waals surface area contributed by atoms with E-state index in [1.165, 1.54) is 17.2 Å². The van der Waals surface area contributed by atoms with Gasteiger partial charge in [0.15, 0.2) is 0 Å². The van der Waals surface area contributed by atoms with Crippen molar-refractivity contribution in [2.45, 2.75) is 50.2 Å². The van der Waals surface area contributed by atoms with Crippen molar-refractivity contribution in [1.29, 1.82) is 0 Å². The first-order valence-corrected chi connectivity index (χ1v) is 14.0. The van der Waals surface area contributed by atoms with Gasteiger partial charge in [0.2, 0.25) is 5.91 Å². The monoisotopic (exact) mass is 639 g/mol. The van der Waals surface area contributed by atoms with Crippen LogP contribution in [-0.4, -0.2) is 71.3 Å². The van der Waals surface area contributed by atoms with E-state index < -0.39 is 30.0 Å². The summed E-state index contributed by atoms with van der Waals surface area (Å²) < 4.78 is 81.0. The van der Waals surface area contributed by atoms with Crippen LogP contribution in [0.5, 0.6) is 0 Å². The summed E-state index contributed by atoms with van der Waals surface area (Å²) in [6.07, 6.45) is -10.2. The van der Waals surface area contributed by atoms with E-state index in [4.69, 9.17) is 5.73 Å². The van der Waals surface area contributed by atoms with Gasteiger partial charge in [-0.15, -0.1) is 0 Å². The number of hydrogen-bond donors (Lipinski definition) is 1. The molecule has 0 saturated carbocycles. The van der Waals surface area contributed by atoms with E-state index in [2.05, 4.69) is 41.3 Å². The van der Waals surface area contributed by atoms with Crippen molar-refractivity contribution in [2.24, 2.45) is 5.73 Å². The Balaban J connectivity index is 0.000000392. The van der Waals surface area contributed by atoms with Crippen molar-refractivity contribution in [1.82, 2.24) is 9.80 Å². The van der Waals surface area contributed by atoms with Crippen LogP contribution in [0, 0.1) is 5.82 Å². The molecule has 1 amide bonds. The Hall–Kier alpha value is -4.10. The van der Waals surface area contributed by atoms with Crippen LogP contribution in [0.2, 0.25) is 0 Å². The van der Waals surface area contributed by atoms with Crippen molar-refractivity contribution in [3.8, 4) is 0 Å². The highest BCUT2D eigenvalue weighted by Crippen LogP contribution is 2.24. The highest BCUT2D eigenvalue weighted by atomic mass is 19.4. The summed E-state index contributed by atoms with van der Waals surface area (Å²) in [5, 5.41) is 0. The van der Waals surface area contributed by atoms with Gasteiger partial charge in [0.25, 0.3) is 0 Å². The average molecular weight is 640 g/mol. The zero-order valence-electron chi connectivity index (χ0n) is 24.0. The number of ketones is 2. The van der Waals surface area contributed by atoms with Gasteiger partial charge in [-0.2, -0.15) is 26.3 Å². The second kappa shape index (κ2) is 15.8. The van der Waals surface area contributed by atoms with Crippen LogP contribution in [0.4, 0.5) is 30.7 Å². The second-order valence-corrected chi connectivity index (χ2v) is 10.6. The molecule has 0 radical (unpaired) electrons. The molecule has 0 spiro atoms. The van der Waals surface area contributed by atoms with E-state index in [-0.39, 0.29) is 24.2 Å². The highest BCUT2D eigenvalue weighted by molar-refractivity contribution is 6.41. The molecule has 1 fully saturated rings. The smallest absolute Gasteiger partial charge is 0.337 e. The Morgan fingerprint density at radius 3 is 1.80 bits per heavy atom. The zero-order valence-corrected chi connectivity index (χ0v) is 24.0. The number of nitrogens with two attached hydrogens (primary N) is 1.